The first-order chi connectivity index (χ1) is 15.7. The molecular formula is C23H22BrN3O4S2. The molecule has 0 heterocycles. The van der Waals surface area contributed by atoms with Gasteiger partial charge in [-0.2, -0.15) is 0 Å². The quantitative estimate of drug-likeness (QED) is 0.357. The fourth-order valence-electron chi connectivity index (χ4n) is 2.89. The van der Waals surface area contributed by atoms with Gasteiger partial charge < -0.3 is 10.1 Å². The Hall–Kier alpha value is -2.95. The van der Waals surface area contributed by atoms with E-state index in [1.165, 1.54) is 12.1 Å². The van der Waals surface area contributed by atoms with E-state index < -0.39 is 10.0 Å². The Kier molecular flexibility index (Phi) is 8.06. The zero-order chi connectivity index (χ0) is 24.0. The topological polar surface area (TPSA) is 96.5 Å². The predicted molar refractivity (Wildman–Crippen MR) is 137 cm³/mol. The van der Waals surface area contributed by atoms with Gasteiger partial charge in [0.2, 0.25) is 0 Å². The molecule has 0 atom stereocenters. The first-order valence-electron chi connectivity index (χ1n) is 9.92. The van der Waals surface area contributed by atoms with E-state index in [2.05, 4.69) is 31.3 Å². The number of carbonyl (C=O) groups is 1. The van der Waals surface area contributed by atoms with Crippen molar-refractivity contribution >= 4 is 60.6 Å². The van der Waals surface area contributed by atoms with Gasteiger partial charge in [0.15, 0.2) is 5.11 Å². The summed E-state index contributed by atoms with van der Waals surface area (Å²) in [6.07, 6.45) is 0. The van der Waals surface area contributed by atoms with Crippen molar-refractivity contribution in [3.8, 4) is 5.75 Å². The Morgan fingerprint density at radius 2 is 1.64 bits per heavy atom. The van der Waals surface area contributed by atoms with Gasteiger partial charge in [0.1, 0.15) is 5.75 Å². The number of nitrogens with one attached hydrogen (secondary N) is 3. The largest absolute Gasteiger partial charge is 0.494 e. The van der Waals surface area contributed by atoms with E-state index >= 15 is 0 Å². The number of thiocarbonyl (C=S) groups is 1. The van der Waals surface area contributed by atoms with Crippen molar-refractivity contribution in [3.63, 3.8) is 0 Å². The second kappa shape index (κ2) is 10.8. The summed E-state index contributed by atoms with van der Waals surface area (Å²) in [5.74, 6) is 0.319. The van der Waals surface area contributed by atoms with Gasteiger partial charge in [0, 0.05) is 21.4 Å². The molecule has 0 saturated carbocycles. The van der Waals surface area contributed by atoms with E-state index in [1.54, 1.807) is 42.5 Å². The summed E-state index contributed by atoms with van der Waals surface area (Å²) >= 11 is 8.56. The van der Waals surface area contributed by atoms with Crippen molar-refractivity contribution in [3.05, 3.63) is 82.3 Å². The van der Waals surface area contributed by atoms with Crippen LogP contribution in [0.3, 0.4) is 0 Å². The van der Waals surface area contributed by atoms with Crippen LogP contribution in [0.2, 0.25) is 0 Å². The van der Waals surface area contributed by atoms with E-state index in [1.807, 2.05) is 26.0 Å². The summed E-state index contributed by atoms with van der Waals surface area (Å²) in [6, 6.07) is 18.1. The van der Waals surface area contributed by atoms with Gasteiger partial charge in [-0.3, -0.25) is 14.8 Å². The van der Waals surface area contributed by atoms with E-state index in [9.17, 15) is 13.2 Å². The zero-order valence-electron chi connectivity index (χ0n) is 17.9. The number of sulfonamides is 1. The van der Waals surface area contributed by atoms with Gasteiger partial charge in [-0.1, -0.05) is 22.0 Å². The highest BCUT2D eigenvalue weighted by molar-refractivity contribution is 9.10. The van der Waals surface area contributed by atoms with E-state index in [-0.39, 0.29) is 15.9 Å². The molecule has 3 aromatic rings. The maximum atomic E-state index is 12.7. The van der Waals surface area contributed by atoms with Crippen molar-refractivity contribution in [2.75, 3.05) is 16.6 Å². The van der Waals surface area contributed by atoms with Gasteiger partial charge in [0.25, 0.3) is 15.9 Å². The number of halogens is 1. The van der Waals surface area contributed by atoms with Crippen LogP contribution in [0, 0.1) is 6.92 Å². The van der Waals surface area contributed by atoms with Crippen LogP contribution in [0.15, 0.2) is 76.1 Å². The van der Waals surface area contributed by atoms with Crippen LogP contribution in [0.25, 0.3) is 0 Å². The minimum Gasteiger partial charge on any atom is -0.494 e. The van der Waals surface area contributed by atoms with E-state index in [0.29, 0.717) is 29.3 Å². The van der Waals surface area contributed by atoms with Crippen molar-refractivity contribution in [2.24, 2.45) is 0 Å². The molecule has 10 heteroatoms. The summed E-state index contributed by atoms with van der Waals surface area (Å²) in [6.45, 7) is 4.24. The summed E-state index contributed by atoms with van der Waals surface area (Å²) in [5, 5.41) is 5.60. The molecule has 0 aromatic heterocycles. The third kappa shape index (κ3) is 6.77. The van der Waals surface area contributed by atoms with Crippen LogP contribution in [0.1, 0.15) is 22.8 Å². The Bertz CT molecular complexity index is 1260. The number of benzene rings is 3. The molecule has 0 saturated heterocycles. The molecule has 0 unspecified atom stereocenters. The molecule has 0 aliphatic heterocycles. The van der Waals surface area contributed by atoms with E-state index in [4.69, 9.17) is 17.0 Å². The highest BCUT2D eigenvalue weighted by Crippen LogP contribution is 2.21. The first kappa shape index (κ1) is 24.7. The normalized spacial score (nSPS) is 10.9. The van der Waals surface area contributed by atoms with E-state index in [0.717, 1.165) is 10.0 Å². The number of anilines is 2. The number of hydrogen-bond donors (Lipinski definition) is 3. The maximum absolute atomic E-state index is 12.7. The van der Waals surface area contributed by atoms with Gasteiger partial charge in [-0.25, -0.2) is 8.42 Å². The molecule has 3 aromatic carbocycles. The van der Waals surface area contributed by atoms with Gasteiger partial charge >= 0.3 is 0 Å². The van der Waals surface area contributed by atoms with Crippen LogP contribution >= 0.6 is 28.1 Å². The molecular weight excluding hydrogens is 526 g/mol. The van der Waals surface area contributed by atoms with Crippen LogP contribution < -0.4 is 20.1 Å². The Morgan fingerprint density at radius 1 is 1.00 bits per heavy atom. The lowest BCUT2D eigenvalue weighted by molar-refractivity contribution is 0.0977. The molecule has 172 valence electrons. The lowest BCUT2D eigenvalue weighted by atomic mass is 10.1. The Labute approximate surface area is 206 Å². The summed E-state index contributed by atoms with van der Waals surface area (Å²) < 4.78 is 34.0. The number of carbonyl (C=O) groups excluding carboxylic acids is 1. The number of ether oxygens (including phenoxy) is 1. The average Bonchev–Trinajstić information content (AvgIpc) is 2.77. The van der Waals surface area contributed by atoms with Crippen LogP contribution in [-0.4, -0.2) is 26.0 Å². The average molecular weight is 548 g/mol. The Morgan fingerprint density at radius 3 is 2.27 bits per heavy atom. The third-order valence-electron chi connectivity index (χ3n) is 4.51. The van der Waals surface area contributed by atoms with Crippen molar-refractivity contribution < 1.29 is 17.9 Å². The fraction of sp³-hybridized carbons (Fsp3) is 0.130. The fourth-order valence-corrected chi connectivity index (χ4v) is 4.52. The highest BCUT2D eigenvalue weighted by Gasteiger charge is 2.15. The molecule has 0 bridgehead atoms. The van der Waals surface area contributed by atoms with Crippen LogP contribution in [-0.2, 0) is 10.0 Å². The van der Waals surface area contributed by atoms with Crippen molar-refractivity contribution in [2.45, 2.75) is 18.7 Å². The molecule has 0 radical (unpaired) electrons. The van der Waals surface area contributed by atoms with Crippen LogP contribution in [0.4, 0.5) is 11.4 Å². The second-order valence-electron chi connectivity index (χ2n) is 6.95. The molecule has 1 amide bonds. The molecule has 3 N–H and O–H groups in total. The first-order valence-corrected chi connectivity index (χ1v) is 12.6. The monoisotopic (exact) mass is 547 g/mol. The minimum atomic E-state index is -3.77. The predicted octanol–water partition coefficient (Wildman–Crippen LogP) is 5.08. The second-order valence-corrected chi connectivity index (χ2v) is 9.96. The number of amides is 1. The molecule has 7 nitrogen and oxygen atoms in total. The summed E-state index contributed by atoms with van der Waals surface area (Å²) in [4.78, 5) is 12.6. The lowest BCUT2D eigenvalue weighted by Gasteiger charge is -2.12. The molecule has 0 spiro atoms. The standard InChI is InChI=1S/C23H22BrN3O4S2/c1-3-31-19-10-6-18(7-11-19)27-33(29,30)20-12-8-17(9-13-20)25-23(32)26-22(28)21-14-16(24)5-4-15(21)2/h4-14,27H,3H2,1-2H3,(H2,25,26,28,32). The highest BCUT2D eigenvalue weighted by atomic mass is 79.9. The van der Waals surface area contributed by atoms with Gasteiger partial charge in [-0.15, -0.1) is 0 Å². The molecule has 3 rings (SSSR count). The molecule has 0 aliphatic carbocycles. The lowest BCUT2D eigenvalue weighted by Crippen LogP contribution is -2.34. The Balaban J connectivity index is 1.62. The number of hydrogen-bond acceptors (Lipinski definition) is 5. The van der Waals surface area contributed by atoms with Crippen LogP contribution in [0.5, 0.6) is 5.75 Å². The van der Waals surface area contributed by atoms with Crippen molar-refractivity contribution in [1.82, 2.24) is 5.32 Å². The third-order valence-corrected chi connectivity index (χ3v) is 6.61. The SMILES string of the molecule is CCOc1ccc(NS(=O)(=O)c2ccc(NC(=S)NC(=O)c3cc(Br)ccc3C)cc2)cc1. The summed E-state index contributed by atoms with van der Waals surface area (Å²) in [5.41, 5.74) is 2.27. The number of rotatable bonds is 7. The molecule has 0 fully saturated rings. The molecule has 0 aliphatic rings. The molecule has 33 heavy (non-hydrogen) atoms. The smallest absolute Gasteiger partial charge is 0.261 e. The number of aryl methyl sites for hydroxylation is 1. The van der Waals surface area contributed by atoms with Gasteiger partial charge in [0.05, 0.1) is 11.5 Å². The zero-order valence-corrected chi connectivity index (χ0v) is 21.1. The summed E-state index contributed by atoms with van der Waals surface area (Å²) in [7, 11) is -3.77. The maximum Gasteiger partial charge on any atom is 0.261 e. The van der Waals surface area contributed by atoms with Crippen molar-refractivity contribution in [1.29, 1.82) is 0 Å². The minimum absolute atomic E-state index is 0.0849. The van der Waals surface area contributed by atoms with Gasteiger partial charge in [-0.05, 0) is 92.3 Å².